The van der Waals surface area contributed by atoms with Gasteiger partial charge < -0.3 is 45.1 Å². The van der Waals surface area contributed by atoms with E-state index in [2.05, 4.69) is 111 Å². The predicted octanol–water partition coefficient (Wildman–Crippen LogP) is 14.8. The standard InChI is InChI=1S/C68H111NO10/c1-4-7-10-13-16-19-22-25-27-28-29-30-31-32-33-34-35-38-41-44-47-50-53-56-63(73)79-66-65(75)64(74)62(57-70)78-68(66)77-58-59(60(71)54-51-48-45-42-39-36-24-21-18-15-12-9-6-3)69-67(76)61(72)55-52-49-46-43-40-37-26-23-20-17-14-11-8-5-2/h7-8,10-11,14,16-17,19-20,23,25-27,29-30,32-33,35,37-38,51,54,59-62,64-66,68,70-72,74-75H,4-6,9,12-13,15,18,21-22,24,28,31,34,36,39-50,52-53,55-58H2,1-3H3,(H,69,76)/b10-7-,11-8+,17-14+,19-16-,23-20+,27-25-,30-29-,33-32-,37-26-,38-35-,54-51+. The molecular formula is C68H111NO10. The predicted molar refractivity (Wildman–Crippen MR) is 328 cm³/mol. The van der Waals surface area contributed by atoms with E-state index in [1.807, 2.05) is 42.5 Å². The monoisotopic (exact) mass is 1100 g/mol. The van der Waals surface area contributed by atoms with Crippen LogP contribution in [0.2, 0.25) is 0 Å². The first-order valence-corrected chi connectivity index (χ1v) is 31.0. The fraction of sp³-hybridized carbons (Fsp3) is 0.647. The van der Waals surface area contributed by atoms with Crippen LogP contribution < -0.4 is 5.32 Å². The first kappa shape index (κ1) is 72.8. The Bertz CT molecular complexity index is 1790. The summed E-state index contributed by atoms with van der Waals surface area (Å²) >= 11 is 0. The molecule has 0 aromatic carbocycles. The van der Waals surface area contributed by atoms with E-state index in [-0.39, 0.29) is 19.4 Å². The van der Waals surface area contributed by atoms with Crippen LogP contribution in [0.3, 0.4) is 0 Å². The molecule has 0 aromatic rings. The maximum atomic E-state index is 13.4. The SMILES string of the molecule is CC/C=C\C/C=C\C/C=C\C/C=C\C/C=C\C/C=C\CCCCCCC(=O)OC1C(OCC(NC(=O)C(O)CCCCCC\C=C/C=C/C=C/C=C/CC)C(O)/C=C/CCCCCCCCCCCCC)OC(CO)C(O)C1O. The highest BCUT2D eigenvalue weighted by molar-refractivity contribution is 5.80. The van der Waals surface area contributed by atoms with Gasteiger partial charge in [0.25, 0.3) is 0 Å². The highest BCUT2D eigenvalue weighted by atomic mass is 16.7. The Balaban J connectivity index is 2.71. The Labute approximate surface area is 480 Å². The molecular weight excluding hydrogens is 991 g/mol. The van der Waals surface area contributed by atoms with Crippen LogP contribution >= 0.6 is 0 Å². The molecule has 448 valence electrons. The number of allylic oxidation sites excluding steroid dienone is 21. The van der Waals surface area contributed by atoms with E-state index in [1.165, 1.54) is 51.4 Å². The number of hydrogen-bond acceptors (Lipinski definition) is 10. The first-order chi connectivity index (χ1) is 38.7. The molecule has 1 saturated heterocycles. The largest absolute Gasteiger partial charge is 0.454 e. The van der Waals surface area contributed by atoms with Gasteiger partial charge in [-0.3, -0.25) is 9.59 Å². The number of amides is 1. The van der Waals surface area contributed by atoms with Gasteiger partial charge in [-0.15, -0.1) is 0 Å². The van der Waals surface area contributed by atoms with Crippen molar-refractivity contribution < 1.29 is 49.3 Å². The number of carbonyl (C=O) groups is 2. The number of hydrogen-bond donors (Lipinski definition) is 6. The molecule has 1 fully saturated rings. The van der Waals surface area contributed by atoms with Crippen molar-refractivity contribution in [3.63, 3.8) is 0 Å². The van der Waals surface area contributed by atoms with Gasteiger partial charge in [0.1, 0.15) is 24.4 Å². The number of aliphatic hydroxyl groups is 5. The third kappa shape index (κ3) is 42.3. The van der Waals surface area contributed by atoms with Gasteiger partial charge in [0.05, 0.1) is 25.4 Å². The maximum absolute atomic E-state index is 13.4. The van der Waals surface area contributed by atoms with Crippen LogP contribution in [0.4, 0.5) is 0 Å². The van der Waals surface area contributed by atoms with Crippen LogP contribution in [-0.4, -0.2) is 99.6 Å². The molecule has 0 radical (unpaired) electrons. The van der Waals surface area contributed by atoms with Gasteiger partial charge in [-0.2, -0.15) is 0 Å². The Hall–Kier alpha value is -4.20. The second-order valence-electron chi connectivity index (χ2n) is 20.8. The van der Waals surface area contributed by atoms with Gasteiger partial charge in [0.15, 0.2) is 12.4 Å². The molecule has 6 N–H and O–H groups in total. The number of esters is 1. The van der Waals surface area contributed by atoms with Gasteiger partial charge >= 0.3 is 5.97 Å². The zero-order valence-corrected chi connectivity index (χ0v) is 49.4. The molecule has 0 bridgehead atoms. The second-order valence-corrected chi connectivity index (χ2v) is 20.8. The van der Waals surface area contributed by atoms with Crippen molar-refractivity contribution >= 4 is 11.9 Å². The zero-order chi connectivity index (χ0) is 57.5. The van der Waals surface area contributed by atoms with Crippen molar-refractivity contribution in [2.45, 2.75) is 269 Å². The Morgan fingerprint density at radius 3 is 1.52 bits per heavy atom. The summed E-state index contributed by atoms with van der Waals surface area (Å²) in [6.45, 7) is 5.49. The summed E-state index contributed by atoms with van der Waals surface area (Å²) in [7, 11) is 0. The Morgan fingerprint density at radius 1 is 0.519 bits per heavy atom. The van der Waals surface area contributed by atoms with Gasteiger partial charge in [0.2, 0.25) is 5.91 Å². The number of unbranched alkanes of at least 4 members (excludes halogenated alkanes) is 19. The maximum Gasteiger partial charge on any atom is 0.306 e. The lowest BCUT2D eigenvalue weighted by Gasteiger charge is -2.41. The molecule has 0 spiro atoms. The van der Waals surface area contributed by atoms with Crippen molar-refractivity contribution in [1.82, 2.24) is 5.32 Å². The average molecular weight is 1100 g/mol. The summed E-state index contributed by atoms with van der Waals surface area (Å²) in [6, 6.07) is -1.05. The summed E-state index contributed by atoms with van der Waals surface area (Å²) in [5, 5.41) is 56.9. The fourth-order valence-electron chi connectivity index (χ4n) is 8.78. The average Bonchev–Trinajstić information content (AvgIpc) is 3.50. The Kier molecular flexibility index (Phi) is 50.1. The van der Waals surface area contributed by atoms with Crippen molar-refractivity contribution in [2.24, 2.45) is 0 Å². The molecule has 8 atom stereocenters. The molecule has 11 heteroatoms. The minimum Gasteiger partial charge on any atom is -0.454 e. The highest BCUT2D eigenvalue weighted by Gasteiger charge is 2.47. The third-order valence-corrected chi connectivity index (χ3v) is 13.6. The summed E-state index contributed by atoms with van der Waals surface area (Å²) in [5.74, 6) is -1.26. The van der Waals surface area contributed by atoms with E-state index in [1.54, 1.807) is 6.08 Å². The number of ether oxygens (including phenoxy) is 3. The molecule has 79 heavy (non-hydrogen) atoms. The van der Waals surface area contributed by atoms with Crippen molar-refractivity contribution in [2.75, 3.05) is 13.2 Å². The fourth-order valence-corrected chi connectivity index (χ4v) is 8.78. The van der Waals surface area contributed by atoms with Crippen LogP contribution in [0.5, 0.6) is 0 Å². The van der Waals surface area contributed by atoms with Crippen LogP contribution in [0, 0.1) is 0 Å². The first-order valence-electron chi connectivity index (χ1n) is 31.0. The summed E-state index contributed by atoms with van der Waals surface area (Å²) < 4.78 is 17.6. The van der Waals surface area contributed by atoms with Crippen molar-refractivity contribution in [1.29, 1.82) is 0 Å². The van der Waals surface area contributed by atoms with Crippen LogP contribution in [0.15, 0.2) is 134 Å². The lowest BCUT2D eigenvalue weighted by Crippen LogP contribution is -2.61. The Morgan fingerprint density at radius 2 is 0.975 bits per heavy atom. The third-order valence-electron chi connectivity index (χ3n) is 13.6. The van der Waals surface area contributed by atoms with Crippen molar-refractivity contribution in [3.05, 3.63) is 134 Å². The normalized spacial score (nSPS) is 19.8. The van der Waals surface area contributed by atoms with E-state index in [9.17, 15) is 35.1 Å². The molecule has 8 unspecified atom stereocenters. The molecule has 0 aromatic heterocycles. The number of rotatable bonds is 50. The molecule has 1 heterocycles. The van der Waals surface area contributed by atoms with E-state index in [0.717, 1.165) is 122 Å². The molecule has 0 saturated carbocycles. The topological polar surface area (TPSA) is 175 Å². The minimum absolute atomic E-state index is 0.0822. The number of nitrogens with one attached hydrogen (secondary N) is 1. The number of aliphatic hydroxyl groups excluding tert-OH is 5. The summed E-state index contributed by atoms with van der Waals surface area (Å²) in [6.07, 6.45) is 66.2. The lowest BCUT2D eigenvalue weighted by molar-refractivity contribution is -0.305. The highest BCUT2D eigenvalue weighted by Crippen LogP contribution is 2.26. The molecule has 1 aliphatic rings. The molecule has 0 aliphatic carbocycles. The lowest BCUT2D eigenvalue weighted by atomic mass is 9.99. The van der Waals surface area contributed by atoms with Gasteiger partial charge in [0, 0.05) is 6.42 Å². The van der Waals surface area contributed by atoms with Crippen molar-refractivity contribution in [3.8, 4) is 0 Å². The zero-order valence-electron chi connectivity index (χ0n) is 49.4. The molecule has 1 aliphatic heterocycles. The molecule has 1 rings (SSSR count). The second kappa shape index (κ2) is 54.4. The van der Waals surface area contributed by atoms with E-state index in [4.69, 9.17) is 14.2 Å². The minimum atomic E-state index is -1.64. The van der Waals surface area contributed by atoms with Crippen LogP contribution in [0.25, 0.3) is 0 Å². The summed E-state index contributed by atoms with van der Waals surface area (Å²) in [5.41, 5.74) is 0. The van der Waals surface area contributed by atoms with E-state index >= 15 is 0 Å². The molecule has 11 nitrogen and oxygen atoms in total. The van der Waals surface area contributed by atoms with E-state index in [0.29, 0.717) is 12.8 Å². The quantitative estimate of drug-likeness (QED) is 0.0149. The number of carbonyl (C=O) groups excluding carboxylic acids is 2. The summed E-state index contributed by atoms with van der Waals surface area (Å²) in [4.78, 5) is 26.5. The van der Waals surface area contributed by atoms with E-state index < -0.39 is 67.4 Å². The smallest absolute Gasteiger partial charge is 0.306 e. The van der Waals surface area contributed by atoms with Crippen LogP contribution in [-0.2, 0) is 23.8 Å². The van der Waals surface area contributed by atoms with Gasteiger partial charge in [-0.1, -0.05) is 251 Å². The van der Waals surface area contributed by atoms with Crippen LogP contribution in [0.1, 0.15) is 220 Å². The van der Waals surface area contributed by atoms with Gasteiger partial charge in [-0.05, 0) is 96.3 Å². The van der Waals surface area contributed by atoms with Gasteiger partial charge in [-0.25, -0.2) is 0 Å². The molecule has 1 amide bonds.